The second-order valence-electron chi connectivity index (χ2n) is 8.05. The molecular weight excluding hydrogens is 426 g/mol. The highest BCUT2D eigenvalue weighted by Crippen LogP contribution is 2.44. The third-order valence-corrected chi connectivity index (χ3v) is 6.79. The van der Waals surface area contributed by atoms with E-state index in [1.54, 1.807) is 7.11 Å². The lowest BCUT2D eigenvalue weighted by Gasteiger charge is -2.37. The molecule has 0 spiro atoms. The van der Waals surface area contributed by atoms with Gasteiger partial charge in [0, 0.05) is 25.9 Å². The number of methoxy groups -OCH3 is 1. The van der Waals surface area contributed by atoms with Crippen molar-refractivity contribution in [1.82, 2.24) is 9.80 Å². The molecule has 1 aromatic rings. The van der Waals surface area contributed by atoms with Gasteiger partial charge >= 0.3 is 5.97 Å². The molecule has 1 saturated heterocycles. The normalized spacial score (nSPS) is 20.6. The second-order valence-corrected chi connectivity index (χ2v) is 8.89. The van der Waals surface area contributed by atoms with Crippen LogP contribution in [0.2, 0.25) is 0 Å². The van der Waals surface area contributed by atoms with E-state index in [1.165, 1.54) is 18.2 Å². The molecule has 0 radical (unpaired) electrons. The number of likely N-dealkylation sites (tertiary alicyclic amines) is 1. The van der Waals surface area contributed by atoms with Gasteiger partial charge in [-0.2, -0.15) is 0 Å². The molecule has 3 heterocycles. The summed E-state index contributed by atoms with van der Waals surface area (Å²) in [5, 5.41) is 2.77. The summed E-state index contributed by atoms with van der Waals surface area (Å²) >= 11 is 1.50. The van der Waals surface area contributed by atoms with E-state index in [2.05, 4.69) is 0 Å². The van der Waals surface area contributed by atoms with E-state index < -0.39 is 12.0 Å². The minimum Gasteiger partial charge on any atom is -0.460 e. The van der Waals surface area contributed by atoms with Gasteiger partial charge < -0.3 is 19.3 Å². The van der Waals surface area contributed by atoms with Gasteiger partial charge in [-0.3, -0.25) is 4.79 Å². The number of carbonyl (C=O) groups is 2. The van der Waals surface area contributed by atoms with Gasteiger partial charge in [0.05, 0.1) is 30.3 Å². The highest BCUT2D eigenvalue weighted by atomic mass is 32.2. The SMILES string of the molecule is COCCOC(=O)C1=C(C)N=C2SC=C(CC(=O)N3CCCCC3)N2C1c1ccccc1. The van der Waals surface area contributed by atoms with Crippen LogP contribution in [0.5, 0.6) is 0 Å². The maximum Gasteiger partial charge on any atom is 0.338 e. The van der Waals surface area contributed by atoms with Crippen molar-refractivity contribution in [3.05, 3.63) is 58.3 Å². The summed E-state index contributed by atoms with van der Waals surface area (Å²) in [7, 11) is 1.57. The Balaban J connectivity index is 1.63. The molecule has 170 valence electrons. The van der Waals surface area contributed by atoms with Crippen molar-refractivity contribution in [2.24, 2.45) is 4.99 Å². The zero-order valence-corrected chi connectivity index (χ0v) is 19.4. The van der Waals surface area contributed by atoms with Crippen molar-refractivity contribution in [1.29, 1.82) is 0 Å². The number of thioether (sulfide) groups is 1. The summed E-state index contributed by atoms with van der Waals surface area (Å²) in [4.78, 5) is 34.8. The van der Waals surface area contributed by atoms with Crippen molar-refractivity contribution in [3.63, 3.8) is 0 Å². The lowest BCUT2D eigenvalue weighted by atomic mass is 9.94. The lowest BCUT2D eigenvalue weighted by Crippen LogP contribution is -2.40. The number of nitrogens with zero attached hydrogens (tertiary/aromatic N) is 3. The molecule has 0 aliphatic carbocycles. The zero-order valence-electron chi connectivity index (χ0n) is 18.6. The van der Waals surface area contributed by atoms with Crippen LogP contribution in [-0.4, -0.2) is 60.3 Å². The van der Waals surface area contributed by atoms with Gasteiger partial charge in [-0.15, -0.1) is 0 Å². The summed E-state index contributed by atoms with van der Waals surface area (Å²) in [6, 6.07) is 9.45. The van der Waals surface area contributed by atoms with E-state index in [0.29, 0.717) is 24.3 Å². The molecule has 1 aromatic carbocycles. The lowest BCUT2D eigenvalue weighted by molar-refractivity contribution is -0.141. The Morgan fingerprint density at radius 1 is 1.12 bits per heavy atom. The van der Waals surface area contributed by atoms with Crippen LogP contribution in [0.15, 0.2) is 57.7 Å². The van der Waals surface area contributed by atoms with Crippen molar-refractivity contribution in [3.8, 4) is 0 Å². The predicted molar refractivity (Wildman–Crippen MR) is 125 cm³/mol. The van der Waals surface area contributed by atoms with Crippen LogP contribution in [0.4, 0.5) is 0 Å². The third-order valence-electron chi connectivity index (χ3n) is 5.90. The Morgan fingerprint density at radius 2 is 1.88 bits per heavy atom. The molecule has 1 amide bonds. The number of aliphatic imine (C=N–C) groups is 1. The van der Waals surface area contributed by atoms with E-state index in [4.69, 9.17) is 14.5 Å². The van der Waals surface area contributed by atoms with E-state index >= 15 is 0 Å². The summed E-state index contributed by atoms with van der Waals surface area (Å²) in [6.07, 6.45) is 3.59. The first-order chi connectivity index (χ1) is 15.6. The molecule has 1 unspecified atom stereocenters. The van der Waals surface area contributed by atoms with Gasteiger partial charge in [-0.25, -0.2) is 9.79 Å². The molecule has 1 atom stereocenters. The van der Waals surface area contributed by atoms with Gasteiger partial charge in [-0.1, -0.05) is 42.1 Å². The molecule has 0 aromatic heterocycles. The van der Waals surface area contributed by atoms with Crippen LogP contribution in [-0.2, 0) is 19.1 Å². The van der Waals surface area contributed by atoms with Gasteiger partial charge in [-0.05, 0) is 37.2 Å². The fourth-order valence-electron chi connectivity index (χ4n) is 4.29. The number of piperidine rings is 1. The topological polar surface area (TPSA) is 71.4 Å². The molecule has 3 aliphatic heterocycles. The number of hydrogen-bond donors (Lipinski definition) is 0. The van der Waals surface area contributed by atoms with Gasteiger partial charge in [0.1, 0.15) is 6.61 Å². The second kappa shape index (κ2) is 10.4. The monoisotopic (exact) mass is 455 g/mol. The Morgan fingerprint density at radius 3 is 2.59 bits per heavy atom. The van der Waals surface area contributed by atoms with Crippen LogP contribution >= 0.6 is 11.8 Å². The van der Waals surface area contributed by atoms with Crippen molar-refractivity contribution in [2.75, 3.05) is 33.4 Å². The molecule has 1 fully saturated rings. The fraction of sp³-hybridized carbons (Fsp3) is 0.458. The smallest absolute Gasteiger partial charge is 0.338 e. The molecule has 8 heteroatoms. The number of esters is 1. The molecule has 3 aliphatic rings. The van der Waals surface area contributed by atoms with Crippen LogP contribution in [0.3, 0.4) is 0 Å². The average Bonchev–Trinajstić information content (AvgIpc) is 3.21. The standard InChI is InChI=1S/C24H29N3O4S/c1-17-21(23(29)31-14-13-30-2)22(18-9-5-3-6-10-18)27-19(16-32-24(27)25-17)15-20(28)26-11-7-4-8-12-26/h3,5-6,9-10,16,22H,4,7-8,11-15H2,1-2H3. The quantitative estimate of drug-likeness (QED) is 0.459. The molecule has 4 rings (SSSR count). The van der Waals surface area contributed by atoms with Crippen LogP contribution in [0.25, 0.3) is 0 Å². The van der Waals surface area contributed by atoms with E-state index in [1.807, 2.05) is 52.5 Å². The Kier molecular flexibility index (Phi) is 7.32. The number of hydrogen-bond acceptors (Lipinski definition) is 7. The highest BCUT2D eigenvalue weighted by molar-refractivity contribution is 8.16. The largest absolute Gasteiger partial charge is 0.460 e. The van der Waals surface area contributed by atoms with Crippen LogP contribution < -0.4 is 0 Å². The van der Waals surface area contributed by atoms with Gasteiger partial charge in [0.25, 0.3) is 0 Å². The van der Waals surface area contributed by atoms with Crippen molar-refractivity contribution in [2.45, 2.75) is 38.6 Å². The first-order valence-electron chi connectivity index (χ1n) is 11.0. The average molecular weight is 456 g/mol. The summed E-state index contributed by atoms with van der Waals surface area (Å²) in [6.45, 7) is 3.98. The molecular formula is C24H29N3O4S. The third kappa shape index (κ3) is 4.76. The number of ether oxygens (including phenoxy) is 2. The van der Waals surface area contributed by atoms with Gasteiger partial charge in [0.15, 0.2) is 5.17 Å². The molecule has 32 heavy (non-hydrogen) atoms. The number of carbonyl (C=O) groups excluding carboxylic acids is 2. The number of amidine groups is 1. The van der Waals surface area contributed by atoms with E-state index in [-0.39, 0.29) is 12.5 Å². The predicted octanol–water partition coefficient (Wildman–Crippen LogP) is 3.85. The van der Waals surface area contributed by atoms with Crippen LogP contribution in [0.1, 0.15) is 44.2 Å². The molecule has 0 saturated carbocycles. The van der Waals surface area contributed by atoms with E-state index in [9.17, 15) is 9.59 Å². The van der Waals surface area contributed by atoms with E-state index in [0.717, 1.165) is 42.4 Å². The number of benzene rings is 1. The Bertz CT molecular complexity index is 951. The molecule has 0 N–H and O–H groups in total. The Labute approximate surface area is 193 Å². The minimum atomic E-state index is -0.408. The van der Waals surface area contributed by atoms with Gasteiger partial charge in [0.2, 0.25) is 5.91 Å². The number of rotatable bonds is 7. The fourth-order valence-corrected chi connectivity index (χ4v) is 5.25. The maximum atomic E-state index is 13.1. The first-order valence-corrected chi connectivity index (χ1v) is 11.9. The summed E-state index contributed by atoms with van der Waals surface area (Å²) in [5.41, 5.74) is 2.96. The van der Waals surface area contributed by atoms with Crippen molar-refractivity contribution >= 4 is 28.8 Å². The first kappa shape index (κ1) is 22.6. The summed E-state index contributed by atoms with van der Waals surface area (Å²) < 4.78 is 10.5. The maximum absolute atomic E-state index is 13.1. The molecule has 7 nitrogen and oxygen atoms in total. The number of allylic oxidation sites excluding steroid dienone is 1. The minimum absolute atomic E-state index is 0.125. The number of amides is 1. The van der Waals surface area contributed by atoms with Crippen LogP contribution in [0, 0.1) is 0 Å². The molecule has 0 bridgehead atoms. The zero-order chi connectivity index (χ0) is 22.5. The summed E-state index contributed by atoms with van der Waals surface area (Å²) in [5.74, 6) is -0.282. The highest BCUT2D eigenvalue weighted by Gasteiger charge is 2.41. The number of fused-ring (bicyclic) bond motifs is 1. The van der Waals surface area contributed by atoms with Crippen molar-refractivity contribution < 1.29 is 19.1 Å². The Hall–Kier alpha value is -2.58.